The van der Waals surface area contributed by atoms with Gasteiger partial charge in [-0.25, -0.2) is 0 Å². The summed E-state index contributed by atoms with van der Waals surface area (Å²) in [5, 5.41) is 2.77. The fraction of sp³-hybridized carbons (Fsp3) is 0.583. The van der Waals surface area contributed by atoms with Crippen LogP contribution in [0.15, 0.2) is 16.5 Å². The SMILES string of the molecule is CCc1ccc(C(=O)NCCCOCCN)o1. The number of hydrogen-bond acceptors (Lipinski definition) is 4. The van der Waals surface area contributed by atoms with Crippen molar-refractivity contribution in [2.45, 2.75) is 19.8 Å². The van der Waals surface area contributed by atoms with Gasteiger partial charge in [-0.05, 0) is 18.6 Å². The van der Waals surface area contributed by atoms with Crippen LogP contribution in [0.3, 0.4) is 0 Å². The predicted octanol–water partition coefficient (Wildman–Crippen LogP) is 0.937. The normalized spacial score (nSPS) is 10.5. The number of amides is 1. The van der Waals surface area contributed by atoms with Crippen molar-refractivity contribution in [1.29, 1.82) is 0 Å². The maximum atomic E-state index is 11.6. The van der Waals surface area contributed by atoms with Gasteiger partial charge in [0.15, 0.2) is 5.76 Å². The molecular weight excluding hydrogens is 220 g/mol. The first-order valence-electron chi connectivity index (χ1n) is 5.92. The second kappa shape index (κ2) is 7.86. The maximum absolute atomic E-state index is 11.6. The van der Waals surface area contributed by atoms with Gasteiger partial charge < -0.3 is 20.2 Å². The summed E-state index contributed by atoms with van der Waals surface area (Å²) in [6.07, 6.45) is 1.56. The number of rotatable bonds is 8. The highest BCUT2D eigenvalue weighted by Gasteiger charge is 2.09. The summed E-state index contributed by atoms with van der Waals surface area (Å²) in [5.74, 6) is 1.01. The second-order valence-electron chi connectivity index (χ2n) is 3.63. The summed E-state index contributed by atoms with van der Waals surface area (Å²) in [6, 6.07) is 3.51. The minimum Gasteiger partial charge on any atom is -0.456 e. The third-order valence-corrected chi connectivity index (χ3v) is 2.25. The molecule has 0 aromatic carbocycles. The van der Waals surface area contributed by atoms with Crippen LogP contribution in [0.25, 0.3) is 0 Å². The summed E-state index contributed by atoms with van der Waals surface area (Å²) in [5.41, 5.74) is 5.28. The minimum atomic E-state index is -0.177. The molecule has 1 rings (SSSR count). The smallest absolute Gasteiger partial charge is 0.286 e. The molecule has 3 N–H and O–H groups in total. The van der Waals surface area contributed by atoms with Gasteiger partial charge in [0.1, 0.15) is 5.76 Å². The van der Waals surface area contributed by atoms with Crippen LogP contribution in [0.4, 0.5) is 0 Å². The number of furan rings is 1. The molecule has 0 radical (unpaired) electrons. The largest absolute Gasteiger partial charge is 0.456 e. The van der Waals surface area contributed by atoms with Crippen molar-refractivity contribution >= 4 is 5.91 Å². The van der Waals surface area contributed by atoms with Crippen molar-refractivity contribution in [2.24, 2.45) is 5.73 Å². The molecule has 1 aromatic heterocycles. The average molecular weight is 240 g/mol. The van der Waals surface area contributed by atoms with E-state index >= 15 is 0 Å². The lowest BCUT2D eigenvalue weighted by Gasteiger charge is -2.04. The molecule has 0 saturated heterocycles. The fourth-order valence-corrected chi connectivity index (χ4v) is 1.34. The molecule has 0 aliphatic heterocycles. The Morgan fingerprint density at radius 2 is 2.29 bits per heavy atom. The van der Waals surface area contributed by atoms with Crippen LogP contribution < -0.4 is 11.1 Å². The Hall–Kier alpha value is -1.33. The summed E-state index contributed by atoms with van der Waals surface area (Å²) < 4.78 is 10.5. The van der Waals surface area contributed by atoms with Gasteiger partial charge in [-0.1, -0.05) is 6.92 Å². The summed E-state index contributed by atoms with van der Waals surface area (Å²) in [6.45, 7) is 4.25. The van der Waals surface area contributed by atoms with Gasteiger partial charge in [-0.15, -0.1) is 0 Å². The molecule has 0 aliphatic rings. The Balaban J connectivity index is 2.16. The van der Waals surface area contributed by atoms with Crippen molar-refractivity contribution < 1.29 is 13.9 Å². The van der Waals surface area contributed by atoms with Gasteiger partial charge in [0.25, 0.3) is 5.91 Å². The molecule has 96 valence electrons. The Kier molecular flexibility index (Phi) is 6.35. The van der Waals surface area contributed by atoms with E-state index in [2.05, 4.69) is 5.32 Å². The molecule has 0 saturated carbocycles. The Morgan fingerprint density at radius 1 is 1.47 bits per heavy atom. The summed E-state index contributed by atoms with van der Waals surface area (Å²) >= 11 is 0. The molecule has 5 nitrogen and oxygen atoms in total. The van der Waals surface area contributed by atoms with Gasteiger partial charge in [0.2, 0.25) is 0 Å². The lowest BCUT2D eigenvalue weighted by Crippen LogP contribution is -2.25. The number of ether oxygens (including phenoxy) is 1. The van der Waals surface area contributed by atoms with E-state index in [9.17, 15) is 4.79 Å². The van der Waals surface area contributed by atoms with Crippen molar-refractivity contribution in [2.75, 3.05) is 26.3 Å². The van der Waals surface area contributed by atoms with Crippen molar-refractivity contribution in [3.63, 3.8) is 0 Å². The highest BCUT2D eigenvalue weighted by molar-refractivity contribution is 5.91. The van der Waals surface area contributed by atoms with Crippen molar-refractivity contribution in [3.8, 4) is 0 Å². The van der Waals surface area contributed by atoms with Crippen molar-refractivity contribution in [1.82, 2.24) is 5.32 Å². The first-order chi connectivity index (χ1) is 8.27. The van der Waals surface area contributed by atoms with E-state index in [0.29, 0.717) is 32.1 Å². The van der Waals surface area contributed by atoms with Crippen LogP contribution in [-0.4, -0.2) is 32.2 Å². The van der Waals surface area contributed by atoms with Crippen LogP contribution in [-0.2, 0) is 11.2 Å². The Bertz CT molecular complexity index is 336. The number of aryl methyl sites for hydroxylation is 1. The molecule has 1 amide bonds. The summed E-state index contributed by atoms with van der Waals surface area (Å²) in [4.78, 5) is 11.6. The standard InChI is InChI=1S/C12H20N2O3/c1-2-10-4-5-11(17-10)12(15)14-7-3-8-16-9-6-13/h4-5H,2-3,6-9,13H2,1H3,(H,14,15). The molecule has 0 spiro atoms. The molecule has 17 heavy (non-hydrogen) atoms. The van der Waals surface area contributed by atoms with E-state index in [1.807, 2.05) is 13.0 Å². The molecule has 5 heteroatoms. The molecule has 1 heterocycles. The van der Waals surface area contributed by atoms with E-state index in [1.165, 1.54) is 0 Å². The molecule has 0 bridgehead atoms. The first-order valence-corrected chi connectivity index (χ1v) is 5.92. The lowest BCUT2D eigenvalue weighted by molar-refractivity contribution is 0.0914. The van der Waals surface area contributed by atoms with Crippen LogP contribution in [0.1, 0.15) is 29.7 Å². The van der Waals surface area contributed by atoms with E-state index < -0.39 is 0 Å². The molecule has 0 aliphatic carbocycles. The zero-order chi connectivity index (χ0) is 12.5. The lowest BCUT2D eigenvalue weighted by atomic mass is 10.3. The number of hydrogen-bond donors (Lipinski definition) is 2. The van der Waals surface area contributed by atoms with Gasteiger partial charge in [-0.2, -0.15) is 0 Å². The zero-order valence-corrected chi connectivity index (χ0v) is 10.2. The zero-order valence-electron chi connectivity index (χ0n) is 10.2. The molecular formula is C12H20N2O3. The van der Waals surface area contributed by atoms with Crippen LogP contribution in [0.5, 0.6) is 0 Å². The molecule has 1 aromatic rings. The monoisotopic (exact) mass is 240 g/mol. The predicted molar refractivity (Wildman–Crippen MR) is 64.9 cm³/mol. The highest BCUT2D eigenvalue weighted by Crippen LogP contribution is 2.07. The molecule has 0 fully saturated rings. The highest BCUT2D eigenvalue weighted by atomic mass is 16.5. The van der Waals surface area contributed by atoms with E-state index in [0.717, 1.165) is 18.6 Å². The molecule has 0 atom stereocenters. The first kappa shape index (κ1) is 13.7. The van der Waals surface area contributed by atoms with E-state index in [1.54, 1.807) is 6.07 Å². The van der Waals surface area contributed by atoms with E-state index in [4.69, 9.17) is 14.9 Å². The van der Waals surface area contributed by atoms with Crippen LogP contribution >= 0.6 is 0 Å². The Labute approximate surface area is 101 Å². The molecule has 0 unspecified atom stereocenters. The number of carbonyl (C=O) groups excluding carboxylic acids is 1. The van der Waals surface area contributed by atoms with Gasteiger partial charge in [-0.3, -0.25) is 4.79 Å². The topological polar surface area (TPSA) is 77.5 Å². The fourth-order valence-electron chi connectivity index (χ4n) is 1.34. The second-order valence-corrected chi connectivity index (χ2v) is 3.63. The maximum Gasteiger partial charge on any atom is 0.286 e. The van der Waals surface area contributed by atoms with Gasteiger partial charge >= 0.3 is 0 Å². The minimum absolute atomic E-state index is 0.177. The Morgan fingerprint density at radius 3 is 2.94 bits per heavy atom. The van der Waals surface area contributed by atoms with Crippen LogP contribution in [0, 0.1) is 0 Å². The number of carbonyl (C=O) groups is 1. The number of nitrogens with two attached hydrogens (primary N) is 1. The third-order valence-electron chi connectivity index (χ3n) is 2.25. The van der Waals surface area contributed by atoms with Gasteiger partial charge in [0, 0.05) is 26.1 Å². The van der Waals surface area contributed by atoms with Crippen LogP contribution in [0.2, 0.25) is 0 Å². The van der Waals surface area contributed by atoms with Gasteiger partial charge in [0.05, 0.1) is 6.61 Å². The average Bonchev–Trinajstić information content (AvgIpc) is 2.82. The third kappa shape index (κ3) is 5.01. The summed E-state index contributed by atoms with van der Waals surface area (Å²) in [7, 11) is 0. The van der Waals surface area contributed by atoms with E-state index in [-0.39, 0.29) is 5.91 Å². The number of nitrogens with one attached hydrogen (secondary N) is 1. The quantitative estimate of drug-likeness (QED) is 0.663. The van der Waals surface area contributed by atoms with Crippen molar-refractivity contribution in [3.05, 3.63) is 23.7 Å².